The highest BCUT2D eigenvalue weighted by atomic mass is 28.3. The van der Waals surface area contributed by atoms with Crippen molar-refractivity contribution in [3.8, 4) is 0 Å². The Morgan fingerprint density at radius 3 is 2.24 bits per heavy atom. The molecule has 0 saturated carbocycles. The van der Waals surface area contributed by atoms with Gasteiger partial charge in [-0.2, -0.15) is 0 Å². The molecule has 0 aliphatic heterocycles. The van der Waals surface area contributed by atoms with E-state index in [1.165, 1.54) is 18.5 Å². The average Bonchev–Trinajstić information content (AvgIpc) is 2.51. The van der Waals surface area contributed by atoms with Crippen molar-refractivity contribution in [2.45, 2.75) is 46.1 Å². The highest BCUT2D eigenvalue weighted by molar-refractivity contribution is 6.46. The lowest BCUT2D eigenvalue weighted by atomic mass is 10.0. The van der Waals surface area contributed by atoms with Crippen LogP contribution >= 0.6 is 0 Å². The van der Waals surface area contributed by atoms with Crippen molar-refractivity contribution in [1.29, 1.82) is 0 Å². The SMILES string of the molecule is CCO[SiH](OCC)C(C)C(C)CCCNc1ccccc1. The number of hydrogen-bond acceptors (Lipinski definition) is 3. The Morgan fingerprint density at radius 2 is 1.67 bits per heavy atom. The van der Waals surface area contributed by atoms with E-state index in [4.69, 9.17) is 8.85 Å². The van der Waals surface area contributed by atoms with Crippen molar-refractivity contribution in [3.05, 3.63) is 30.3 Å². The molecule has 4 heteroatoms. The second-order valence-electron chi connectivity index (χ2n) is 5.55. The molecule has 120 valence electrons. The summed E-state index contributed by atoms with van der Waals surface area (Å²) in [5.74, 6) is 0.650. The van der Waals surface area contributed by atoms with Crippen molar-refractivity contribution >= 4 is 15.0 Å². The fourth-order valence-electron chi connectivity index (χ4n) is 2.42. The molecule has 0 aliphatic carbocycles. The van der Waals surface area contributed by atoms with Gasteiger partial charge in [0.1, 0.15) is 0 Å². The van der Waals surface area contributed by atoms with E-state index < -0.39 is 9.28 Å². The van der Waals surface area contributed by atoms with Crippen LogP contribution in [0.25, 0.3) is 0 Å². The Labute approximate surface area is 131 Å². The summed E-state index contributed by atoms with van der Waals surface area (Å²) in [6, 6.07) is 10.4. The normalized spacial score (nSPS) is 14.1. The molecule has 3 nitrogen and oxygen atoms in total. The molecule has 1 N–H and O–H groups in total. The molecule has 0 bridgehead atoms. The molecule has 1 rings (SSSR count). The van der Waals surface area contributed by atoms with Crippen LogP contribution < -0.4 is 5.32 Å². The first kappa shape index (κ1) is 18.2. The van der Waals surface area contributed by atoms with E-state index in [0.717, 1.165) is 19.8 Å². The van der Waals surface area contributed by atoms with Crippen LogP contribution in [0.2, 0.25) is 5.54 Å². The maximum Gasteiger partial charge on any atom is 0.324 e. The lowest BCUT2D eigenvalue weighted by Crippen LogP contribution is -2.31. The topological polar surface area (TPSA) is 30.5 Å². The van der Waals surface area contributed by atoms with Gasteiger partial charge in [0, 0.05) is 25.4 Å². The van der Waals surface area contributed by atoms with Gasteiger partial charge in [-0.3, -0.25) is 0 Å². The molecule has 0 aromatic heterocycles. The molecule has 21 heavy (non-hydrogen) atoms. The summed E-state index contributed by atoms with van der Waals surface area (Å²) in [4.78, 5) is 0. The quantitative estimate of drug-likeness (QED) is 0.491. The van der Waals surface area contributed by atoms with Crippen molar-refractivity contribution in [2.75, 3.05) is 25.1 Å². The van der Waals surface area contributed by atoms with Crippen LogP contribution in [0.15, 0.2) is 30.3 Å². The Bertz CT molecular complexity index is 355. The molecule has 0 aliphatic rings. The lowest BCUT2D eigenvalue weighted by Gasteiger charge is -2.26. The minimum absolute atomic E-state index is 0.557. The summed E-state index contributed by atoms with van der Waals surface area (Å²) in [6.07, 6.45) is 2.39. The summed E-state index contributed by atoms with van der Waals surface area (Å²) in [7, 11) is -1.52. The molecule has 2 unspecified atom stereocenters. The number of nitrogens with one attached hydrogen (secondary N) is 1. The Kier molecular flexibility index (Phi) is 9.38. The van der Waals surface area contributed by atoms with Crippen LogP contribution in [-0.4, -0.2) is 29.0 Å². The van der Waals surface area contributed by atoms with E-state index >= 15 is 0 Å². The minimum Gasteiger partial charge on any atom is -0.397 e. The summed E-state index contributed by atoms with van der Waals surface area (Å²) in [5, 5.41) is 3.47. The summed E-state index contributed by atoms with van der Waals surface area (Å²) < 4.78 is 11.7. The highest BCUT2D eigenvalue weighted by Crippen LogP contribution is 2.26. The molecule has 0 spiro atoms. The van der Waals surface area contributed by atoms with E-state index in [-0.39, 0.29) is 0 Å². The summed E-state index contributed by atoms with van der Waals surface area (Å²) in [6.45, 7) is 11.3. The van der Waals surface area contributed by atoms with Gasteiger partial charge in [-0.15, -0.1) is 0 Å². The van der Waals surface area contributed by atoms with Gasteiger partial charge in [0.15, 0.2) is 0 Å². The van der Waals surface area contributed by atoms with Crippen LogP contribution in [0.5, 0.6) is 0 Å². The smallest absolute Gasteiger partial charge is 0.324 e. The maximum atomic E-state index is 5.84. The third-order valence-corrected chi connectivity index (χ3v) is 6.77. The predicted octanol–water partition coefficient (Wildman–Crippen LogP) is 4.20. The lowest BCUT2D eigenvalue weighted by molar-refractivity contribution is 0.196. The number of anilines is 1. The number of benzene rings is 1. The molecule has 0 saturated heterocycles. The maximum absolute atomic E-state index is 5.84. The fraction of sp³-hybridized carbons (Fsp3) is 0.647. The van der Waals surface area contributed by atoms with Crippen LogP contribution in [0.1, 0.15) is 40.5 Å². The molecule has 0 fully saturated rings. The molecule has 0 amide bonds. The average molecular weight is 310 g/mol. The van der Waals surface area contributed by atoms with Crippen molar-refractivity contribution in [2.24, 2.45) is 5.92 Å². The fourth-order valence-corrected chi connectivity index (χ4v) is 4.51. The monoisotopic (exact) mass is 309 g/mol. The molecule has 1 aromatic carbocycles. The van der Waals surface area contributed by atoms with Gasteiger partial charge in [-0.05, 0) is 50.3 Å². The van der Waals surface area contributed by atoms with Crippen LogP contribution in [0.4, 0.5) is 5.69 Å². The molecule has 2 atom stereocenters. The highest BCUT2D eigenvalue weighted by Gasteiger charge is 2.26. The van der Waals surface area contributed by atoms with Gasteiger partial charge in [-0.1, -0.05) is 32.0 Å². The summed E-state index contributed by atoms with van der Waals surface area (Å²) >= 11 is 0. The van der Waals surface area contributed by atoms with Gasteiger partial charge in [0.05, 0.1) is 0 Å². The van der Waals surface area contributed by atoms with Gasteiger partial charge < -0.3 is 14.2 Å². The number of hydrogen-bond donors (Lipinski definition) is 1. The van der Waals surface area contributed by atoms with Crippen molar-refractivity contribution < 1.29 is 8.85 Å². The third kappa shape index (κ3) is 7.11. The zero-order valence-corrected chi connectivity index (χ0v) is 15.1. The van der Waals surface area contributed by atoms with Crippen LogP contribution in [-0.2, 0) is 8.85 Å². The van der Waals surface area contributed by atoms with Gasteiger partial charge in [0.25, 0.3) is 0 Å². The Morgan fingerprint density at radius 1 is 1.05 bits per heavy atom. The molecule has 0 radical (unpaired) electrons. The third-order valence-electron chi connectivity index (χ3n) is 3.93. The molecular formula is C17H31NO2Si. The zero-order chi connectivity index (χ0) is 15.5. The Hall–Kier alpha value is -0.843. The molecular weight excluding hydrogens is 278 g/mol. The minimum atomic E-state index is -1.52. The van der Waals surface area contributed by atoms with E-state index in [1.54, 1.807) is 0 Å². The molecule has 1 aromatic rings. The largest absolute Gasteiger partial charge is 0.397 e. The van der Waals surface area contributed by atoms with Gasteiger partial charge in [-0.25, -0.2) is 0 Å². The van der Waals surface area contributed by atoms with Crippen LogP contribution in [0.3, 0.4) is 0 Å². The van der Waals surface area contributed by atoms with Crippen molar-refractivity contribution in [3.63, 3.8) is 0 Å². The molecule has 0 heterocycles. The first-order valence-corrected chi connectivity index (χ1v) is 9.82. The zero-order valence-electron chi connectivity index (χ0n) is 14.0. The first-order chi connectivity index (χ1) is 10.2. The van der Waals surface area contributed by atoms with E-state index in [0.29, 0.717) is 11.5 Å². The van der Waals surface area contributed by atoms with Crippen molar-refractivity contribution in [1.82, 2.24) is 0 Å². The second-order valence-corrected chi connectivity index (χ2v) is 8.01. The predicted molar refractivity (Wildman–Crippen MR) is 93.2 cm³/mol. The standard InChI is InChI=1S/C17H31NO2Si/c1-5-19-21(20-6-2)16(4)15(3)11-10-14-18-17-12-8-7-9-13-17/h7-9,12-13,15-16,18,21H,5-6,10-11,14H2,1-4H3. The first-order valence-electron chi connectivity index (χ1n) is 8.21. The van der Waals surface area contributed by atoms with E-state index in [9.17, 15) is 0 Å². The second kappa shape index (κ2) is 10.8. The number of rotatable bonds is 11. The van der Waals surface area contributed by atoms with Crippen LogP contribution in [0, 0.1) is 5.92 Å². The summed E-state index contributed by atoms with van der Waals surface area (Å²) in [5.41, 5.74) is 1.76. The van der Waals surface area contributed by atoms with Gasteiger partial charge >= 0.3 is 9.28 Å². The van der Waals surface area contributed by atoms with E-state index in [1.807, 2.05) is 6.07 Å². The Balaban J connectivity index is 2.26. The number of para-hydroxylation sites is 1. The van der Waals surface area contributed by atoms with E-state index in [2.05, 4.69) is 57.3 Å². The van der Waals surface area contributed by atoms with Gasteiger partial charge in [0.2, 0.25) is 0 Å².